The van der Waals surface area contributed by atoms with Crippen molar-refractivity contribution in [3.8, 4) is 5.69 Å². The minimum atomic E-state index is -0.563. The lowest BCUT2D eigenvalue weighted by Gasteiger charge is -2.12. The number of halogens is 1. The van der Waals surface area contributed by atoms with Crippen molar-refractivity contribution in [2.45, 2.75) is 13.5 Å². The fraction of sp³-hybridized carbons (Fsp3) is 0.130. The molecule has 9 heteroatoms. The molecule has 0 aliphatic heterocycles. The van der Waals surface area contributed by atoms with Crippen LogP contribution in [0.5, 0.6) is 0 Å². The lowest BCUT2D eigenvalue weighted by atomic mass is 10.2. The van der Waals surface area contributed by atoms with Crippen molar-refractivity contribution in [1.29, 1.82) is 0 Å². The van der Waals surface area contributed by atoms with Crippen LogP contribution in [-0.4, -0.2) is 26.6 Å². The van der Waals surface area contributed by atoms with Gasteiger partial charge in [0.1, 0.15) is 11.4 Å². The number of rotatable bonds is 6. The first-order valence-corrected chi connectivity index (χ1v) is 10.2. The third-order valence-corrected chi connectivity index (χ3v) is 5.23. The van der Waals surface area contributed by atoms with Gasteiger partial charge in [-0.3, -0.25) is 19.5 Å². The van der Waals surface area contributed by atoms with Crippen molar-refractivity contribution in [2.24, 2.45) is 0 Å². The molecule has 0 amide bonds. The van der Waals surface area contributed by atoms with Crippen LogP contribution >= 0.6 is 11.6 Å². The number of pyridine rings is 1. The van der Waals surface area contributed by atoms with E-state index >= 15 is 0 Å². The van der Waals surface area contributed by atoms with E-state index in [1.807, 2.05) is 6.07 Å². The predicted molar refractivity (Wildman–Crippen MR) is 121 cm³/mol. The monoisotopic (exact) mass is 451 g/mol. The second kappa shape index (κ2) is 8.68. The maximum Gasteiger partial charge on any atom is 0.355 e. The van der Waals surface area contributed by atoms with E-state index in [9.17, 15) is 19.7 Å². The Morgan fingerprint density at radius 1 is 1.06 bits per heavy atom. The largest absolute Gasteiger partial charge is 0.461 e. The summed E-state index contributed by atoms with van der Waals surface area (Å²) in [6, 6.07) is 17.6. The van der Waals surface area contributed by atoms with E-state index in [0.29, 0.717) is 16.1 Å². The van der Waals surface area contributed by atoms with Gasteiger partial charge in [0, 0.05) is 23.7 Å². The minimum Gasteiger partial charge on any atom is -0.461 e. The Bertz CT molecular complexity index is 1410. The van der Waals surface area contributed by atoms with Crippen LogP contribution in [0.3, 0.4) is 0 Å². The fourth-order valence-electron chi connectivity index (χ4n) is 3.67. The van der Waals surface area contributed by atoms with Crippen molar-refractivity contribution >= 4 is 34.3 Å². The van der Waals surface area contributed by atoms with Crippen LogP contribution in [0.25, 0.3) is 16.7 Å². The van der Waals surface area contributed by atoms with Gasteiger partial charge in [0.25, 0.3) is 11.2 Å². The number of aromatic nitrogens is 2. The summed E-state index contributed by atoms with van der Waals surface area (Å²) in [4.78, 5) is 36.6. The number of nitrogens with zero attached hydrogens (tertiary/aromatic N) is 3. The maximum atomic E-state index is 12.8. The maximum absolute atomic E-state index is 12.8. The number of ether oxygens (including phenoxy) is 1. The molecule has 4 aromatic rings. The molecule has 4 rings (SSSR count). The van der Waals surface area contributed by atoms with Crippen molar-refractivity contribution < 1.29 is 14.5 Å². The topological polar surface area (TPSA) is 96.4 Å². The lowest BCUT2D eigenvalue weighted by Crippen LogP contribution is -2.18. The van der Waals surface area contributed by atoms with Crippen LogP contribution in [0, 0.1) is 10.1 Å². The Balaban J connectivity index is 2.01. The Morgan fingerprint density at radius 2 is 1.84 bits per heavy atom. The minimum absolute atomic E-state index is 0.114. The molecule has 0 N–H and O–H groups in total. The number of fused-ring (bicyclic) bond motifs is 1. The highest BCUT2D eigenvalue weighted by Crippen LogP contribution is 2.28. The molecule has 0 saturated heterocycles. The van der Waals surface area contributed by atoms with E-state index in [1.165, 1.54) is 34.9 Å². The van der Waals surface area contributed by atoms with E-state index in [2.05, 4.69) is 0 Å². The average molecular weight is 452 g/mol. The standard InChI is InChI=1S/C23H18ClN3O5/c1-2-32-23(29)21-13-20-17(25(21)14-15-6-5-7-16(24)12-15)10-11-22(28)26(20)18-8-3-4-9-19(18)27(30)31/h3-13H,2,14H2,1H3. The summed E-state index contributed by atoms with van der Waals surface area (Å²) in [7, 11) is 0. The van der Waals surface area contributed by atoms with Gasteiger partial charge in [-0.2, -0.15) is 0 Å². The van der Waals surface area contributed by atoms with Crippen LogP contribution in [-0.2, 0) is 11.3 Å². The molecule has 162 valence electrons. The Hall–Kier alpha value is -3.91. The summed E-state index contributed by atoms with van der Waals surface area (Å²) < 4.78 is 8.17. The quantitative estimate of drug-likeness (QED) is 0.243. The molecule has 0 saturated carbocycles. The molecule has 2 aromatic carbocycles. The highest BCUT2D eigenvalue weighted by molar-refractivity contribution is 6.30. The van der Waals surface area contributed by atoms with Gasteiger partial charge in [-0.15, -0.1) is 0 Å². The van der Waals surface area contributed by atoms with Crippen molar-refractivity contribution in [2.75, 3.05) is 6.61 Å². The number of para-hydroxylation sites is 2. The molecule has 0 atom stereocenters. The zero-order valence-electron chi connectivity index (χ0n) is 17.0. The lowest BCUT2D eigenvalue weighted by molar-refractivity contribution is -0.384. The second-order valence-corrected chi connectivity index (χ2v) is 7.43. The summed E-state index contributed by atoms with van der Waals surface area (Å²) in [5.41, 5.74) is 1.40. The first kappa shape index (κ1) is 21.3. The highest BCUT2D eigenvalue weighted by atomic mass is 35.5. The van der Waals surface area contributed by atoms with Crippen LogP contribution in [0.15, 0.2) is 71.5 Å². The smallest absolute Gasteiger partial charge is 0.355 e. The number of carbonyl (C=O) groups is 1. The zero-order chi connectivity index (χ0) is 22.8. The predicted octanol–water partition coefficient (Wildman–Crippen LogP) is 4.58. The third kappa shape index (κ3) is 3.88. The van der Waals surface area contributed by atoms with Gasteiger partial charge >= 0.3 is 5.97 Å². The second-order valence-electron chi connectivity index (χ2n) is 6.99. The SMILES string of the molecule is CCOC(=O)c1cc2c(ccc(=O)n2-c2ccccc2[N+](=O)[O-])n1Cc1cccc(Cl)c1. The number of esters is 1. The Kier molecular flexibility index (Phi) is 5.79. The number of hydrogen-bond acceptors (Lipinski definition) is 5. The van der Waals surface area contributed by atoms with Crippen LogP contribution < -0.4 is 5.56 Å². The number of nitro benzene ring substituents is 1. The molecule has 32 heavy (non-hydrogen) atoms. The van der Waals surface area contributed by atoms with Gasteiger partial charge in [-0.05, 0) is 42.8 Å². The molecular weight excluding hydrogens is 434 g/mol. The Labute approximate surface area is 187 Å². The van der Waals surface area contributed by atoms with Gasteiger partial charge in [-0.1, -0.05) is 35.9 Å². The van der Waals surface area contributed by atoms with Crippen molar-refractivity contribution in [1.82, 2.24) is 9.13 Å². The van der Waals surface area contributed by atoms with E-state index in [0.717, 1.165) is 5.56 Å². The summed E-state index contributed by atoms with van der Waals surface area (Å²) in [5, 5.41) is 12.1. The first-order valence-electron chi connectivity index (χ1n) is 9.81. The molecule has 0 radical (unpaired) electrons. The molecular formula is C23H18ClN3O5. The van der Waals surface area contributed by atoms with Crippen LogP contribution in [0.2, 0.25) is 5.02 Å². The number of hydrogen-bond donors (Lipinski definition) is 0. The van der Waals surface area contributed by atoms with Gasteiger partial charge in [0.05, 0.1) is 22.6 Å². The highest BCUT2D eigenvalue weighted by Gasteiger charge is 2.23. The van der Waals surface area contributed by atoms with E-state index < -0.39 is 16.5 Å². The number of benzene rings is 2. The normalized spacial score (nSPS) is 10.9. The number of nitro groups is 1. The molecule has 0 fully saturated rings. The molecule has 8 nitrogen and oxygen atoms in total. The van der Waals surface area contributed by atoms with Gasteiger partial charge < -0.3 is 9.30 Å². The molecule has 0 bridgehead atoms. The first-order chi connectivity index (χ1) is 15.4. The molecule has 2 aromatic heterocycles. The van der Waals surface area contributed by atoms with Crippen molar-refractivity contribution in [3.63, 3.8) is 0 Å². The molecule has 0 aliphatic carbocycles. The zero-order valence-corrected chi connectivity index (χ0v) is 17.8. The Morgan fingerprint density at radius 3 is 2.56 bits per heavy atom. The molecule has 0 unspecified atom stereocenters. The van der Waals surface area contributed by atoms with Crippen LogP contribution in [0.4, 0.5) is 5.69 Å². The fourth-order valence-corrected chi connectivity index (χ4v) is 3.88. The van der Waals surface area contributed by atoms with E-state index in [1.54, 1.807) is 41.8 Å². The van der Waals surface area contributed by atoms with E-state index in [4.69, 9.17) is 16.3 Å². The summed E-state index contributed by atoms with van der Waals surface area (Å²) in [5.74, 6) is -0.563. The van der Waals surface area contributed by atoms with Gasteiger partial charge in [-0.25, -0.2) is 4.79 Å². The van der Waals surface area contributed by atoms with Gasteiger partial charge in [0.15, 0.2) is 0 Å². The van der Waals surface area contributed by atoms with Crippen molar-refractivity contribution in [3.05, 3.63) is 103 Å². The summed E-state index contributed by atoms with van der Waals surface area (Å²) in [6.07, 6.45) is 0. The summed E-state index contributed by atoms with van der Waals surface area (Å²) in [6.45, 7) is 2.16. The molecule has 2 heterocycles. The number of carbonyl (C=O) groups excluding carboxylic acids is 1. The molecule has 0 aliphatic rings. The van der Waals surface area contributed by atoms with E-state index in [-0.39, 0.29) is 30.2 Å². The molecule has 0 spiro atoms. The van der Waals surface area contributed by atoms with Crippen LogP contribution in [0.1, 0.15) is 23.0 Å². The van der Waals surface area contributed by atoms with Gasteiger partial charge in [0.2, 0.25) is 0 Å². The third-order valence-electron chi connectivity index (χ3n) is 5.00. The summed E-state index contributed by atoms with van der Waals surface area (Å²) >= 11 is 6.12. The average Bonchev–Trinajstić information content (AvgIpc) is 3.12.